The lowest BCUT2D eigenvalue weighted by Gasteiger charge is -2.17. The molecule has 0 fully saturated rings. The molecule has 128 valence electrons. The van der Waals surface area contributed by atoms with Gasteiger partial charge in [-0.2, -0.15) is 0 Å². The van der Waals surface area contributed by atoms with E-state index in [1.165, 1.54) is 0 Å². The fourth-order valence-electron chi connectivity index (χ4n) is 3.25. The molecule has 0 aliphatic carbocycles. The first kappa shape index (κ1) is 15.8. The summed E-state index contributed by atoms with van der Waals surface area (Å²) in [5.74, 6) is 1.71. The second kappa shape index (κ2) is 6.64. The fraction of sp³-hybridized carbons (Fsp3) is 0.316. The third-order valence-corrected chi connectivity index (χ3v) is 4.41. The van der Waals surface area contributed by atoms with E-state index in [1.807, 2.05) is 12.1 Å². The summed E-state index contributed by atoms with van der Waals surface area (Å²) < 4.78 is 0. The summed E-state index contributed by atoms with van der Waals surface area (Å²) in [6, 6.07) is 8.20. The number of nitrogens with zero attached hydrogens (tertiary/aromatic N) is 3. The molecule has 0 atom stereocenters. The lowest BCUT2D eigenvalue weighted by molar-refractivity contribution is 0.292. The van der Waals surface area contributed by atoms with Gasteiger partial charge in [-0.25, -0.2) is 15.0 Å². The number of aliphatic hydroxyl groups is 1. The number of rotatable bonds is 7. The first-order valence-electron chi connectivity index (χ1n) is 8.71. The number of benzene rings is 2. The molecule has 0 unspecified atom stereocenters. The molecular weight excluding hydrogens is 314 g/mol. The van der Waals surface area contributed by atoms with Gasteiger partial charge in [0.15, 0.2) is 0 Å². The number of hydrogen-bond donors (Lipinski definition) is 3. The molecular formula is C19H21N5O. The standard InChI is InChI=1S/C19H21N5O/c1-2-8-20-18-12-4-6-14-17-15(23-11-22-14)7-5-13(16(12)17)19(24-18)21-9-3-10-25/h4-7,11,25H,2-3,8-10H2,1H3,(H2,20,21,24). The summed E-state index contributed by atoms with van der Waals surface area (Å²) in [6.45, 7) is 3.84. The van der Waals surface area contributed by atoms with Gasteiger partial charge in [0.1, 0.15) is 18.0 Å². The minimum atomic E-state index is 0.160. The van der Waals surface area contributed by atoms with E-state index in [0.29, 0.717) is 13.0 Å². The topological polar surface area (TPSA) is 83.0 Å². The second-order valence-electron chi connectivity index (χ2n) is 6.13. The number of nitrogens with one attached hydrogen (secondary N) is 2. The van der Waals surface area contributed by atoms with Crippen molar-refractivity contribution in [1.29, 1.82) is 0 Å². The molecule has 0 spiro atoms. The number of pyridine rings is 1. The van der Waals surface area contributed by atoms with Crippen LogP contribution in [0.5, 0.6) is 0 Å². The van der Waals surface area contributed by atoms with E-state index in [2.05, 4.69) is 39.7 Å². The highest BCUT2D eigenvalue weighted by molar-refractivity contribution is 6.25. The van der Waals surface area contributed by atoms with Crippen LogP contribution in [0.3, 0.4) is 0 Å². The quantitative estimate of drug-likeness (QED) is 0.355. The largest absolute Gasteiger partial charge is 0.396 e. The van der Waals surface area contributed by atoms with E-state index < -0.39 is 0 Å². The van der Waals surface area contributed by atoms with Crippen LogP contribution in [-0.4, -0.2) is 39.8 Å². The molecule has 6 nitrogen and oxygen atoms in total. The molecule has 0 aliphatic rings. The zero-order valence-electron chi connectivity index (χ0n) is 14.2. The summed E-state index contributed by atoms with van der Waals surface area (Å²) in [5.41, 5.74) is 1.88. The molecule has 4 rings (SSSR count). The molecule has 4 aromatic rings. The average molecular weight is 335 g/mol. The normalized spacial score (nSPS) is 11.6. The third-order valence-electron chi connectivity index (χ3n) is 4.41. The predicted octanol–water partition coefficient (Wildman–Crippen LogP) is 3.39. The SMILES string of the molecule is CCCNc1nc(NCCCO)c2ccc3ncnc4ccc1c2c43. The van der Waals surface area contributed by atoms with E-state index in [-0.39, 0.29) is 6.61 Å². The average Bonchev–Trinajstić information content (AvgIpc) is 2.65. The Kier molecular flexibility index (Phi) is 4.19. The molecule has 3 N–H and O–H groups in total. The molecule has 2 aromatic carbocycles. The van der Waals surface area contributed by atoms with Gasteiger partial charge in [-0.3, -0.25) is 0 Å². The zero-order chi connectivity index (χ0) is 17.2. The Bertz CT molecular complexity index is 1000. The molecule has 2 heterocycles. The van der Waals surface area contributed by atoms with Crippen LogP contribution in [0.15, 0.2) is 30.6 Å². The lowest BCUT2D eigenvalue weighted by atomic mass is 9.99. The molecule has 0 bridgehead atoms. The second-order valence-corrected chi connectivity index (χ2v) is 6.13. The van der Waals surface area contributed by atoms with Gasteiger partial charge in [-0.05, 0) is 37.1 Å². The summed E-state index contributed by atoms with van der Waals surface area (Å²) in [6.07, 6.45) is 3.32. The van der Waals surface area contributed by atoms with Gasteiger partial charge < -0.3 is 15.7 Å². The van der Waals surface area contributed by atoms with Crippen molar-refractivity contribution in [2.45, 2.75) is 19.8 Å². The summed E-state index contributed by atoms with van der Waals surface area (Å²) in [4.78, 5) is 13.7. The van der Waals surface area contributed by atoms with E-state index in [9.17, 15) is 0 Å². The van der Waals surface area contributed by atoms with Gasteiger partial charge in [0.25, 0.3) is 0 Å². The van der Waals surface area contributed by atoms with Crippen molar-refractivity contribution in [2.75, 3.05) is 30.3 Å². The van der Waals surface area contributed by atoms with Gasteiger partial charge in [-0.1, -0.05) is 6.92 Å². The number of aromatic nitrogens is 3. The van der Waals surface area contributed by atoms with Gasteiger partial charge in [0.2, 0.25) is 0 Å². The number of anilines is 2. The Morgan fingerprint density at radius 3 is 2.12 bits per heavy atom. The molecule has 25 heavy (non-hydrogen) atoms. The van der Waals surface area contributed by atoms with Crippen LogP contribution < -0.4 is 10.6 Å². The van der Waals surface area contributed by atoms with Crippen molar-refractivity contribution in [2.24, 2.45) is 0 Å². The first-order chi connectivity index (χ1) is 12.3. The van der Waals surface area contributed by atoms with Gasteiger partial charge in [-0.15, -0.1) is 0 Å². The predicted molar refractivity (Wildman–Crippen MR) is 103 cm³/mol. The van der Waals surface area contributed by atoms with Crippen LogP contribution in [0.2, 0.25) is 0 Å². The highest BCUT2D eigenvalue weighted by Gasteiger charge is 2.16. The van der Waals surface area contributed by atoms with Crippen molar-refractivity contribution in [3.8, 4) is 0 Å². The van der Waals surface area contributed by atoms with E-state index >= 15 is 0 Å². The Morgan fingerprint density at radius 2 is 1.52 bits per heavy atom. The summed E-state index contributed by atoms with van der Waals surface area (Å²) >= 11 is 0. The number of hydrogen-bond acceptors (Lipinski definition) is 6. The van der Waals surface area contributed by atoms with Gasteiger partial charge in [0, 0.05) is 41.2 Å². The van der Waals surface area contributed by atoms with Crippen LogP contribution in [0.4, 0.5) is 11.6 Å². The van der Waals surface area contributed by atoms with E-state index in [4.69, 9.17) is 10.1 Å². The van der Waals surface area contributed by atoms with Gasteiger partial charge >= 0.3 is 0 Å². The molecule has 0 saturated heterocycles. The molecule has 0 saturated carbocycles. The smallest absolute Gasteiger partial charge is 0.136 e. The highest BCUT2D eigenvalue weighted by Crippen LogP contribution is 2.38. The van der Waals surface area contributed by atoms with Crippen molar-refractivity contribution >= 4 is 44.2 Å². The van der Waals surface area contributed by atoms with E-state index in [1.54, 1.807) is 6.33 Å². The maximum atomic E-state index is 9.06. The minimum Gasteiger partial charge on any atom is -0.396 e. The highest BCUT2D eigenvalue weighted by atomic mass is 16.3. The van der Waals surface area contributed by atoms with Crippen LogP contribution in [-0.2, 0) is 0 Å². The first-order valence-corrected chi connectivity index (χ1v) is 8.71. The lowest BCUT2D eigenvalue weighted by Crippen LogP contribution is -2.09. The van der Waals surface area contributed by atoms with Crippen LogP contribution >= 0.6 is 0 Å². The van der Waals surface area contributed by atoms with Crippen LogP contribution in [0, 0.1) is 0 Å². The Hall–Kier alpha value is -2.73. The molecule has 6 heteroatoms. The Labute approximate surface area is 145 Å². The van der Waals surface area contributed by atoms with E-state index in [0.717, 1.165) is 57.2 Å². The third kappa shape index (κ3) is 2.68. The maximum absolute atomic E-state index is 9.06. The molecule has 2 aromatic heterocycles. The molecule has 0 radical (unpaired) electrons. The fourth-order valence-corrected chi connectivity index (χ4v) is 3.25. The van der Waals surface area contributed by atoms with Crippen LogP contribution in [0.25, 0.3) is 32.6 Å². The summed E-state index contributed by atoms with van der Waals surface area (Å²) in [7, 11) is 0. The van der Waals surface area contributed by atoms with Crippen molar-refractivity contribution < 1.29 is 5.11 Å². The summed E-state index contributed by atoms with van der Waals surface area (Å²) in [5, 5.41) is 20.2. The van der Waals surface area contributed by atoms with Crippen LogP contribution in [0.1, 0.15) is 19.8 Å². The zero-order valence-corrected chi connectivity index (χ0v) is 14.2. The Morgan fingerprint density at radius 1 is 0.880 bits per heavy atom. The van der Waals surface area contributed by atoms with Crippen molar-refractivity contribution in [1.82, 2.24) is 15.0 Å². The number of aliphatic hydroxyl groups excluding tert-OH is 1. The molecule has 0 amide bonds. The van der Waals surface area contributed by atoms with Gasteiger partial charge in [0.05, 0.1) is 11.0 Å². The monoisotopic (exact) mass is 335 g/mol. The molecule has 0 aliphatic heterocycles. The maximum Gasteiger partial charge on any atom is 0.136 e. The minimum absolute atomic E-state index is 0.160. The van der Waals surface area contributed by atoms with Crippen molar-refractivity contribution in [3.63, 3.8) is 0 Å². The Balaban J connectivity index is 2.00. The van der Waals surface area contributed by atoms with Crippen molar-refractivity contribution in [3.05, 3.63) is 30.6 Å².